The minimum absolute atomic E-state index is 0.512. The summed E-state index contributed by atoms with van der Waals surface area (Å²) < 4.78 is 11.5. The predicted molar refractivity (Wildman–Crippen MR) is 96.8 cm³/mol. The standard InChI is InChI=1S/C20H21N3O2/c1-24-19-11-15(20-16-12-21-10-9-17(16)22-23-20)7-8-18(19)25-13-14-5-3-2-4-6-14/h2-8,11,21H,9-10,12-13H2,1H3,(H,22,23). The van der Waals surface area contributed by atoms with E-state index in [1.54, 1.807) is 7.11 Å². The van der Waals surface area contributed by atoms with Crippen molar-refractivity contribution in [1.29, 1.82) is 0 Å². The summed E-state index contributed by atoms with van der Waals surface area (Å²) in [5.74, 6) is 1.45. The van der Waals surface area contributed by atoms with Crippen LogP contribution in [0.5, 0.6) is 11.5 Å². The summed E-state index contributed by atoms with van der Waals surface area (Å²) in [5.41, 5.74) is 5.60. The Hall–Kier alpha value is -2.79. The van der Waals surface area contributed by atoms with Crippen LogP contribution in [-0.2, 0) is 19.6 Å². The largest absolute Gasteiger partial charge is 0.493 e. The van der Waals surface area contributed by atoms with E-state index in [2.05, 4.69) is 15.5 Å². The lowest BCUT2D eigenvalue weighted by atomic mass is 10.0. The Morgan fingerprint density at radius 3 is 2.80 bits per heavy atom. The number of rotatable bonds is 5. The Balaban J connectivity index is 1.58. The van der Waals surface area contributed by atoms with Crippen LogP contribution >= 0.6 is 0 Å². The highest BCUT2D eigenvalue weighted by Crippen LogP contribution is 2.34. The van der Waals surface area contributed by atoms with E-state index in [0.717, 1.165) is 42.1 Å². The number of aromatic amines is 1. The van der Waals surface area contributed by atoms with Crippen molar-refractivity contribution in [3.63, 3.8) is 0 Å². The number of H-pyrrole nitrogens is 1. The molecule has 1 aliphatic rings. The van der Waals surface area contributed by atoms with Gasteiger partial charge in [0.25, 0.3) is 0 Å². The Morgan fingerprint density at radius 2 is 1.96 bits per heavy atom. The van der Waals surface area contributed by atoms with E-state index < -0.39 is 0 Å². The van der Waals surface area contributed by atoms with Crippen molar-refractivity contribution in [2.45, 2.75) is 19.6 Å². The molecule has 3 aromatic rings. The highest BCUT2D eigenvalue weighted by atomic mass is 16.5. The number of methoxy groups -OCH3 is 1. The van der Waals surface area contributed by atoms with Crippen molar-refractivity contribution in [3.8, 4) is 22.8 Å². The van der Waals surface area contributed by atoms with Gasteiger partial charge >= 0.3 is 0 Å². The summed E-state index contributed by atoms with van der Waals surface area (Å²) in [6.45, 7) is 2.35. The lowest BCUT2D eigenvalue weighted by Crippen LogP contribution is -2.23. The number of benzene rings is 2. The van der Waals surface area contributed by atoms with Gasteiger partial charge in [-0.1, -0.05) is 30.3 Å². The monoisotopic (exact) mass is 335 g/mol. The van der Waals surface area contributed by atoms with Crippen LogP contribution in [-0.4, -0.2) is 23.9 Å². The quantitative estimate of drug-likeness (QED) is 0.751. The average Bonchev–Trinajstić information content (AvgIpc) is 3.11. The van der Waals surface area contributed by atoms with Gasteiger partial charge in [0.05, 0.1) is 12.8 Å². The van der Waals surface area contributed by atoms with Crippen molar-refractivity contribution < 1.29 is 9.47 Å². The molecule has 1 aliphatic heterocycles. The summed E-state index contributed by atoms with van der Waals surface area (Å²) in [4.78, 5) is 0. The Kier molecular flexibility index (Phi) is 4.39. The number of fused-ring (bicyclic) bond motifs is 1. The fourth-order valence-electron chi connectivity index (χ4n) is 3.13. The van der Waals surface area contributed by atoms with E-state index >= 15 is 0 Å². The molecule has 0 bridgehead atoms. The van der Waals surface area contributed by atoms with E-state index in [-0.39, 0.29) is 0 Å². The molecule has 0 aliphatic carbocycles. The summed E-state index contributed by atoms with van der Waals surface area (Å²) in [6, 6.07) is 16.1. The molecule has 5 nitrogen and oxygen atoms in total. The number of aromatic nitrogens is 2. The fourth-order valence-corrected chi connectivity index (χ4v) is 3.13. The molecule has 0 atom stereocenters. The number of ether oxygens (including phenoxy) is 2. The normalized spacial score (nSPS) is 13.3. The van der Waals surface area contributed by atoms with Crippen LogP contribution < -0.4 is 14.8 Å². The molecule has 2 aromatic carbocycles. The van der Waals surface area contributed by atoms with Crippen LogP contribution in [0.15, 0.2) is 48.5 Å². The third-order valence-electron chi connectivity index (χ3n) is 4.48. The molecule has 2 N–H and O–H groups in total. The minimum atomic E-state index is 0.512. The van der Waals surface area contributed by atoms with E-state index in [1.165, 1.54) is 11.3 Å². The van der Waals surface area contributed by atoms with Crippen LogP contribution in [0, 0.1) is 0 Å². The van der Waals surface area contributed by atoms with E-state index in [4.69, 9.17) is 9.47 Å². The summed E-state index contributed by atoms with van der Waals surface area (Å²) >= 11 is 0. The molecule has 0 saturated heterocycles. The highest BCUT2D eigenvalue weighted by molar-refractivity contribution is 5.68. The van der Waals surface area contributed by atoms with Crippen LogP contribution in [0.25, 0.3) is 11.3 Å². The molecule has 0 spiro atoms. The Morgan fingerprint density at radius 1 is 1.08 bits per heavy atom. The Labute approximate surface area is 147 Å². The van der Waals surface area contributed by atoms with Gasteiger partial charge < -0.3 is 14.8 Å². The van der Waals surface area contributed by atoms with Crippen molar-refractivity contribution in [3.05, 3.63) is 65.4 Å². The second-order valence-electron chi connectivity index (χ2n) is 6.10. The zero-order valence-electron chi connectivity index (χ0n) is 14.2. The van der Waals surface area contributed by atoms with Gasteiger partial charge in [0.2, 0.25) is 0 Å². The lowest BCUT2D eigenvalue weighted by molar-refractivity contribution is 0.284. The maximum Gasteiger partial charge on any atom is 0.161 e. The van der Waals surface area contributed by atoms with Crippen molar-refractivity contribution in [2.24, 2.45) is 0 Å². The molecule has 5 heteroatoms. The summed E-state index contributed by atoms with van der Waals surface area (Å²) in [5, 5.41) is 11.1. The first-order valence-corrected chi connectivity index (χ1v) is 8.47. The van der Waals surface area contributed by atoms with Gasteiger partial charge in [0, 0.05) is 36.3 Å². The minimum Gasteiger partial charge on any atom is -0.493 e. The molecular formula is C20H21N3O2. The molecule has 0 unspecified atom stereocenters. The maximum absolute atomic E-state index is 5.93. The zero-order valence-corrected chi connectivity index (χ0v) is 14.2. The Bertz CT molecular complexity index is 859. The second-order valence-corrected chi connectivity index (χ2v) is 6.10. The molecule has 0 amide bonds. The molecule has 128 valence electrons. The number of nitrogens with one attached hydrogen (secondary N) is 2. The molecule has 1 aromatic heterocycles. The summed E-state index contributed by atoms with van der Waals surface area (Å²) in [7, 11) is 1.66. The van der Waals surface area contributed by atoms with Gasteiger partial charge in [0.1, 0.15) is 6.61 Å². The van der Waals surface area contributed by atoms with Crippen LogP contribution in [0.2, 0.25) is 0 Å². The van der Waals surface area contributed by atoms with E-state index in [0.29, 0.717) is 12.4 Å². The average molecular weight is 335 g/mol. The zero-order chi connectivity index (χ0) is 17.1. The van der Waals surface area contributed by atoms with Gasteiger partial charge in [-0.15, -0.1) is 0 Å². The van der Waals surface area contributed by atoms with Gasteiger partial charge in [-0.25, -0.2) is 0 Å². The third-order valence-corrected chi connectivity index (χ3v) is 4.48. The van der Waals surface area contributed by atoms with Crippen molar-refractivity contribution in [2.75, 3.05) is 13.7 Å². The third kappa shape index (κ3) is 3.23. The van der Waals surface area contributed by atoms with Crippen LogP contribution in [0.3, 0.4) is 0 Å². The first kappa shape index (κ1) is 15.7. The van der Waals surface area contributed by atoms with Gasteiger partial charge in [-0.3, -0.25) is 5.10 Å². The predicted octanol–water partition coefficient (Wildman–Crippen LogP) is 3.31. The molecule has 0 radical (unpaired) electrons. The van der Waals surface area contributed by atoms with E-state index in [9.17, 15) is 0 Å². The van der Waals surface area contributed by atoms with Crippen LogP contribution in [0.1, 0.15) is 16.8 Å². The topological polar surface area (TPSA) is 59.2 Å². The molecule has 25 heavy (non-hydrogen) atoms. The SMILES string of the molecule is COc1cc(-c2n[nH]c3c2CNCC3)ccc1OCc1ccccc1. The summed E-state index contributed by atoms with van der Waals surface area (Å²) in [6.07, 6.45) is 0.984. The maximum atomic E-state index is 5.93. The first-order valence-electron chi connectivity index (χ1n) is 8.47. The number of hydrogen-bond acceptors (Lipinski definition) is 4. The van der Waals surface area contributed by atoms with Gasteiger partial charge in [-0.05, 0) is 23.8 Å². The van der Waals surface area contributed by atoms with Crippen LogP contribution in [0.4, 0.5) is 0 Å². The van der Waals surface area contributed by atoms with Gasteiger partial charge in [0.15, 0.2) is 11.5 Å². The van der Waals surface area contributed by atoms with Gasteiger partial charge in [-0.2, -0.15) is 5.10 Å². The number of nitrogens with zero attached hydrogens (tertiary/aromatic N) is 1. The smallest absolute Gasteiger partial charge is 0.161 e. The molecule has 2 heterocycles. The van der Waals surface area contributed by atoms with E-state index in [1.807, 2.05) is 48.5 Å². The molecule has 0 fully saturated rings. The number of hydrogen-bond donors (Lipinski definition) is 2. The first-order chi connectivity index (χ1) is 12.3. The second kappa shape index (κ2) is 6.99. The highest BCUT2D eigenvalue weighted by Gasteiger charge is 2.18. The molecular weight excluding hydrogens is 314 g/mol. The molecule has 0 saturated carbocycles. The van der Waals surface area contributed by atoms with Crippen molar-refractivity contribution >= 4 is 0 Å². The lowest BCUT2D eigenvalue weighted by Gasteiger charge is -2.14. The van der Waals surface area contributed by atoms with Crippen molar-refractivity contribution in [1.82, 2.24) is 15.5 Å². The fraction of sp³-hybridized carbons (Fsp3) is 0.250. The molecule has 4 rings (SSSR count).